The van der Waals surface area contributed by atoms with E-state index in [-0.39, 0.29) is 12.1 Å². The van der Waals surface area contributed by atoms with Gasteiger partial charge in [-0.2, -0.15) is 5.10 Å². The van der Waals surface area contributed by atoms with Gasteiger partial charge in [0.15, 0.2) is 5.75 Å². The van der Waals surface area contributed by atoms with Gasteiger partial charge in [-0.05, 0) is 46.0 Å². The van der Waals surface area contributed by atoms with Gasteiger partial charge in [-0.15, -0.1) is 0 Å². The van der Waals surface area contributed by atoms with E-state index < -0.39 is 0 Å². The van der Waals surface area contributed by atoms with Gasteiger partial charge in [-0.25, -0.2) is 0 Å². The summed E-state index contributed by atoms with van der Waals surface area (Å²) in [5, 5.41) is 4.41. The van der Waals surface area contributed by atoms with Crippen molar-refractivity contribution in [1.29, 1.82) is 0 Å². The average Bonchev–Trinajstić information content (AvgIpc) is 2.93. The lowest BCUT2D eigenvalue weighted by molar-refractivity contribution is 0.00835. The molecule has 3 N–H and O–H groups in total. The van der Waals surface area contributed by atoms with Crippen LogP contribution in [0.1, 0.15) is 63.7 Å². The van der Waals surface area contributed by atoms with Gasteiger partial charge in [-0.3, -0.25) is 16.0 Å². The van der Waals surface area contributed by atoms with Crippen LogP contribution in [0, 0.1) is 0 Å². The molecule has 1 aromatic heterocycles. The van der Waals surface area contributed by atoms with Crippen LogP contribution in [0.5, 0.6) is 5.75 Å². The first-order valence-corrected chi connectivity index (χ1v) is 7.86. The highest BCUT2D eigenvalue weighted by Gasteiger charge is 2.24. The minimum Gasteiger partial charge on any atom is -0.493 e. The predicted octanol–water partition coefficient (Wildman–Crippen LogP) is 2.33. The maximum Gasteiger partial charge on any atom is 0.161 e. The lowest BCUT2D eigenvalue weighted by atomic mass is 10.00. The van der Waals surface area contributed by atoms with Crippen molar-refractivity contribution in [2.24, 2.45) is 5.84 Å². The van der Waals surface area contributed by atoms with Crippen LogP contribution in [-0.4, -0.2) is 29.6 Å². The number of nitrogens with two attached hydrogens (primary N) is 1. The number of aromatic nitrogens is 2. The van der Waals surface area contributed by atoms with Crippen LogP contribution < -0.4 is 16.0 Å². The van der Waals surface area contributed by atoms with Crippen molar-refractivity contribution in [2.45, 2.75) is 64.1 Å². The monoisotopic (exact) mass is 296 g/mol. The molecule has 2 heterocycles. The third-order valence-electron chi connectivity index (χ3n) is 4.09. The van der Waals surface area contributed by atoms with Crippen LogP contribution in [0.25, 0.3) is 0 Å². The fourth-order valence-corrected chi connectivity index (χ4v) is 2.94. The summed E-state index contributed by atoms with van der Waals surface area (Å²) in [6, 6.07) is 0.293. The maximum atomic E-state index is 5.80. The van der Waals surface area contributed by atoms with Crippen LogP contribution in [0.4, 0.5) is 0 Å². The third kappa shape index (κ3) is 3.96. The van der Waals surface area contributed by atoms with E-state index in [1.807, 2.05) is 4.68 Å². The molecule has 0 bridgehead atoms. The lowest BCUT2D eigenvalue weighted by Crippen LogP contribution is -2.32. The van der Waals surface area contributed by atoms with Gasteiger partial charge in [0.1, 0.15) is 0 Å². The Kier molecular flexibility index (Phi) is 6.02. The van der Waals surface area contributed by atoms with Gasteiger partial charge in [0.25, 0.3) is 0 Å². The molecule has 1 saturated heterocycles. The standard InChI is InChI=1S/C15H28N4O2/c1-11(2)19-15(14(20-3)10-17-19)13(18-16)8-7-12-6-4-5-9-21-12/h10-13,18H,4-9,16H2,1-3H3. The fourth-order valence-electron chi connectivity index (χ4n) is 2.94. The zero-order valence-corrected chi connectivity index (χ0v) is 13.3. The summed E-state index contributed by atoms with van der Waals surface area (Å²) in [5.74, 6) is 6.57. The van der Waals surface area contributed by atoms with E-state index in [2.05, 4.69) is 24.4 Å². The second kappa shape index (κ2) is 7.77. The number of nitrogens with zero attached hydrogens (tertiary/aromatic N) is 2. The zero-order chi connectivity index (χ0) is 15.2. The summed E-state index contributed by atoms with van der Waals surface area (Å²) in [6.07, 6.45) is 7.63. The molecule has 1 aromatic rings. The molecule has 21 heavy (non-hydrogen) atoms. The first kappa shape index (κ1) is 16.3. The van der Waals surface area contributed by atoms with E-state index in [0.717, 1.165) is 37.3 Å². The van der Waals surface area contributed by atoms with E-state index in [4.69, 9.17) is 15.3 Å². The number of rotatable bonds is 7. The van der Waals surface area contributed by atoms with Gasteiger partial charge in [0.05, 0.1) is 31.1 Å². The number of nitrogens with one attached hydrogen (secondary N) is 1. The minimum atomic E-state index is 0.0235. The molecule has 1 fully saturated rings. The van der Waals surface area contributed by atoms with Crippen molar-refractivity contribution in [3.05, 3.63) is 11.9 Å². The van der Waals surface area contributed by atoms with Crippen LogP contribution >= 0.6 is 0 Å². The first-order valence-electron chi connectivity index (χ1n) is 7.86. The van der Waals surface area contributed by atoms with Gasteiger partial charge >= 0.3 is 0 Å². The Morgan fingerprint density at radius 2 is 2.33 bits per heavy atom. The van der Waals surface area contributed by atoms with Crippen molar-refractivity contribution in [2.75, 3.05) is 13.7 Å². The Bertz CT molecular complexity index is 427. The number of hydrazine groups is 1. The molecule has 0 aromatic carbocycles. The summed E-state index contributed by atoms with van der Waals surface area (Å²) >= 11 is 0. The van der Waals surface area contributed by atoms with Gasteiger partial charge < -0.3 is 9.47 Å². The summed E-state index contributed by atoms with van der Waals surface area (Å²) in [5.41, 5.74) is 3.94. The normalized spacial score (nSPS) is 20.7. The largest absolute Gasteiger partial charge is 0.493 e. The molecule has 2 unspecified atom stereocenters. The maximum absolute atomic E-state index is 5.80. The van der Waals surface area contributed by atoms with E-state index in [0.29, 0.717) is 6.10 Å². The Balaban J connectivity index is 2.07. The fraction of sp³-hybridized carbons (Fsp3) is 0.800. The van der Waals surface area contributed by atoms with E-state index >= 15 is 0 Å². The van der Waals surface area contributed by atoms with Crippen molar-refractivity contribution in [3.8, 4) is 5.75 Å². The second-order valence-corrected chi connectivity index (χ2v) is 5.92. The van der Waals surface area contributed by atoms with Crippen molar-refractivity contribution in [1.82, 2.24) is 15.2 Å². The van der Waals surface area contributed by atoms with Crippen molar-refractivity contribution in [3.63, 3.8) is 0 Å². The van der Waals surface area contributed by atoms with Crippen LogP contribution in [-0.2, 0) is 4.74 Å². The summed E-state index contributed by atoms with van der Waals surface area (Å²) in [6.45, 7) is 5.10. The van der Waals surface area contributed by atoms with E-state index in [9.17, 15) is 0 Å². The second-order valence-electron chi connectivity index (χ2n) is 5.92. The third-order valence-corrected chi connectivity index (χ3v) is 4.09. The Labute approximate surface area is 126 Å². The number of hydrogen-bond acceptors (Lipinski definition) is 5. The lowest BCUT2D eigenvalue weighted by Gasteiger charge is -2.25. The molecule has 6 nitrogen and oxygen atoms in total. The SMILES string of the molecule is COc1cnn(C(C)C)c1C(CCC1CCCCO1)NN. The number of methoxy groups -OCH3 is 1. The molecule has 0 aliphatic carbocycles. The summed E-state index contributed by atoms with van der Waals surface area (Å²) in [4.78, 5) is 0. The van der Waals surface area contributed by atoms with E-state index in [1.165, 1.54) is 12.8 Å². The Morgan fingerprint density at radius 1 is 1.52 bits per heavy atom. The van der Waals surface area contributed by atoms with Crippen molar-refractivity contribution < 1.29 is 9.47 Å². The molecule has 6 heteroatoms. The first-order chi connectivity index (χ1) is 10.2. The molecule has 1 aliphatic rings. The molecule has 0 saturated carbocycles. The smallest absolute Gasteiger partial charge is 0.161 e. The van der Waals surface area contributed by atoms with Crippen LogP contribution in [0.15, 0.2) is 6.20 Å². The minimum absolute atomic E-state index is 0.0235. The molecule has 2 atom stereocenters. The summed E-state index contributed by atoms with van der Waals surface area (Å²) < 4.78 is 13.2. The number of ether oxygens (including phenoxy) is 2. The molecule has 0 radical (unpaired) electrons. The predicted molar refractivity (Wildman–Crippen MR) is 82.1 cm³/mol. The Morgan fingerprint density at radius 3 is 2.90 bits per heavy atom. The summed E-state index contributed by atoms with van der Waals surface area (Å²) in [7, 11) is 1.67. The van der Waals surface area contributed by atoms with Crippen LogP contribution in [0.3, 0.4) is 0 Å². The van der Waals surface area contributed by atoms with Gasteiger partial charge in [-0.1, -0.05) is 0 Å². The molecule has 0 amide bonds. The highest BCUT2D eigenvalue weighted by Crippen LogP contribution is 2.31. The van der Waals surface area contributed by atoms with Crippen molar-refractivity contribution >= 4 is 0 Å². The molecule has 120 valence electrons. The molecular weight excluding hydrogens is 268 g/mol. The quantitative estimate of drug-likeness (QED) is 0.596. The molecule has 0 spiro atoms. The molecular formula is C15H28N4O2. The zero-order valence-electron chi connectivity index (χ0n) is 13.3. The molecule has 1 aliphatic heterocycles. The van der Waals surface area contributed by atoms with E-state index in [1.54, 1.807) is 13.3 Å². The Hall–Kier alpha value is -1.11. The highest BCUT2D eigenvalue weighted by molar-refractivity contribution is 5.28. The van der Waals surface area contributed by atoms with Crippen LogP contribution in [0.2, 0.25) is 0 Å². The molecule has 2 rings (SSSR count). The van der Waals surface area contributed by atoms with Gasteiger partial charge in [0.2, 0.25) is 0 Å². The topological polar surface area (TPSA) is 74.3 Å². The average molecular weight is 296 g/mol. The van der Waals surface area contributed by atoms with Gasteiger partial charge in [0, 0.05) is 12.6 Å². The highest BCUT2D eigenvalue weighted by atomic mass is 16.5. The number of hydrogen-bond donors (Lipinski definition) is 2.